The number of aryl methyl sites for hydroxylation is 1. The van der Waals surface area contributed by atoms with Crippen LogP contribution in [0, 0.1) is 0 Å². The topological polar surface area (TPSA) is 29.9 Å². The van der Waals surface area contributed by atoms with E-state index in [0.717, 1.165) is 6.54 Å². The first-order chi connectivity index (χ1) is 9.75. The molecule has 0 amide bonds. The second kappa shape index (κ2) is 5.47. The van der Waals surface area contributed by atoms with E-state index in [1.165, 1.54) is 22.0 Å². The van der Waals surface area contributed by atoms with Gasteiger partial charge in [0, 0.05) is 49.1 Å². The number of rotatable bonds is 4. The fourth-order valence-corrected chi connectivity index (χ4v) is 2.58. The number of para-hydroxylation sites is 1. The SMILES string of the molecule is C[C@H](NCc1cn(C)c2ccccc12)c1cccnc1. The molecule has 0 spiro atoms. The largest absolute Gasteiger partial charge is 0.350 e. The Hall–Kier alpha value is -2.13. The highest BCUT2D eigenvalue weighted by atomic mass is 14.9. The van der Waals surface area contributed by atoms with Crippen molar-refractivity contribution >= 4 is 10.9 Å². The van der Waals surface area contributed by atoms with Gasteiger partial charge in [-0.25, -0.2) is 0 Å². The molecule has 0 unspecified atom stereocenters. The fourth-order valence-electron chi connectivity index (χ4n) is 2.58. The summed E-state index contributed by atoms with van der Waals surface area (Å²) in [6.07, 6.45) is 5.93. The van der Waals surface area contributed by atoms with Crippen LogP contribution in [0.1, 0.15) is 24.1 Å². The smallest absolute Gasteiger partial charge is 0.0481 e. The van der Waals surface area contributed by atoms with Gasteiger partial charge in [-0.3, -0.25) is 4.98 Å². The molecule has 0 bridgehead atoms. The van der Waals surface area contributed by atoms with Crippen molar-refractivity contribution in [3.05, 3.63) is 66.1 Å². The molecule has 3 aromatic rings. The van der Waals surface area contributed by atoms with E-state index in [-0.39, 0.29) is 0 Å². The molecule has 0 aliphatic rings. The Morgan fingerprint density at radius 3 is 2.85 bits per heavy atom. The first-order valence-electron chi connectivity index (χ1n) is 6.92. The van der Waals surface area contributed by atoms with Crippen molar-refractivity contribution in [1.82, 2.24) is 14.9 Å². The molecule has 1 atom stereocenters. The van der Waals surface area contributed by atoms with Crippen LogP contribution >= 0.6 is 0 Å². The fraction of sp³-hybridized carbons (Fsp3) is 0.235. The number of pyridine rings is 1. The average Bonchev–Trinajstić information content (AvgIpc) is 2.83. The Kier molecular flexibility index (Phi) is 3.52. The van der Waals surface area contributed by atoms with E-state index in [4.69, 9.17) is 0 Å². The Morgan fingerprint density at radius 1 is 1.20 bits per heavy atom. The van der Waals surface area contributed by atoms with E-state index < -0.39 is 0 Å². The molecule has 2 aromatic heterocycles. The first-order valence-corrected chi connectivity index (χ1v) is 6.92. The number of nitrogens with zero attached hydrogens (tertiary/aromatic N) is 2. The molecule has 0 saturated heterocycles. The molecular weight excluding hydrogens is 246 g/mol. The maximum atomic E-state index is 4.17. The molecule has 0 fully saturated rings. The van der Waals surface area contributed by atoms with Gasteiger partial charge in [-0.05, 0) is 30.2 Å². The Labute approximate surface area is 119 Å². The normalized spacial score (nSPS) is 12.7. The van der Waals surface area contributed by atoms with Crippen LogP contribution in [-0.2, 0) is 13.6 Å². The van der Waals surface area contributed by atoms with Crippen LogP contribution < -0.4 is 5.32 Å². The van der Waals surface area contributed by atoms with Crippen LogP contribution in [-0.4, -0.2) is 9.55 Å². The van der Waals surface area contributed by atoms with Crippen molar-refractivity contribution in [2.75, 3.05) is 0 Å². The second-order valence-corrected chi connectivity index (χ2v) is 5.17. The van der Waals surface area contributed by atoms with Crippen molar-refractivity contribution in [2.24, 2.45) is 7.05 Å². The summed E-state index contributed by atoms with van der Waals surface area (Å²) in [6, 6.07) is 12.9. The molecule has 0 radical (unpaired) electrons. The van der Waals surface area contributed by atoms with Gasteiger partial charge in [0.1, 0.15) is 0 Å². The predicted molar refractivity (Wildman–Crippen MR) is 82.4 cm³/mol. The molecule has 0 aliphatic heterocycles. The van der Waals surface area contributed by atoms with E-state index in [1.54, 1.807) is 6.20 Å². The maximum absolute atomic E-state index is 4.17. The lowest BCUT2D eigenvalue weighted by Gasteiger charge is -2.13. The van der Waals surface area contributed by atoms with Crippen LogP contribution in [0.15, 0.2) is 55.0 Å². The summed E-state index contributed by atoms with van der Waals surface area (Å²) in [6.45, 7) is 3.03. The zero-order valence-corrected chi connectivity index (χ0v) is 11.9. The Morgan fingerprint density at radius 2 is 2.05 bits per heavy atom. The van der Waals surface area contributed by atoms with Crippen LogP contribution in [0.25, 0.3) is 10.9 Å². The van der Waals surface area contributed by atoms with Gasteiger partial charge in [-0.15, -0.1) is 0 Å². The third-order valence-corrected chi connectivity index (χ3v) is 3.76. The zero-order chi connectivity index (χ0) is 13.9. The molecule has 1 aromatic carbocycles. The number of benzene rings is 1. The third kappa shape index (κ3) is 2.45. The monoisotopic (exact) mass is 265 g/mol. The summed E-state index contributed by atoms with van der Waals surface area (Å²) in [5, 5.41) is 4.89. The highest BCUT2D eigenvalue weighted by molar-refractivity contribution is 5.83. The van der Waals surface area contributed by atoms with Crippen LogP contribution in [0.5, 0.6) is 0 Å². The highest BCUT2D eigenvalue weighted by Gasteiger charge is 2.08. The summed E-state index contributed by atoms with van der Waals surface area (Å²) < 4.78 is 2.18. The van der Waals surface area contributed by atoms with E-state index in [1.807, 2.05) is 12.3 Å². The van der Waals surface area contributed by atoms with Crippen LogP contribution in [0.4, 0.5) is 0 Å². The highest BCUT2D eigenvalue weighted by Crippen LogP contribution is 2.21. The van der Waals surface area contributed by atoms with E-state index in [2.05, 4.69) is 65.4 Å². The van der Waals surface area contributed by atoms with E-state index in [9.17, 15) is 0 Å². The molecule has 0 saturated carbocycles. The van der Waals surface area contributed by atoms with Gasteiger partial charge in [-0.1, -0.05) is 24.3 Å². The van der Waals surface area contributed by atoms with E-state index in [0.29, 0.717) is 6.04 Å². The minimum Gasteiger partial charge on any atom is -0.350 e. The van der Waals surface area contributed by atoms with E-state index >= 15 is 0 Å². The number of nitrogens with one attached hydrogen (secondary N) is 1. The first kappa shape index (κ1) is 12.9. The van der Waals surface area contributed by atoms with Gasteiger partial charge >= 0.3 is 0 Å². The molecule has 20 heavy (non-hydrogen) atoms. The molecule has 102 valence electrons. The predicted octanol–water partition coefficient (Wildman–Crippen LogP) is 3.42. The van der Waals surface area contributed by atoms with Gasteiger partial charge in [0.15, 0.2) is 0 Å². The molecule has 3 nitrogen and oxygen atoms in total. The zero-order valence-electron chi connectivity index (χ0n) is 11.9. The molecule has 3 rings (SSSR count). The Bertz CT molecular complexity index is 701. The minimum atomic E-state index is 0.294. The van der Waals surface area contributed by atoms with Gasteiger partial charge in [0.05, 0.1) is 0 Å². The standard InChI is InChI=1S/C17H19N3/c1-13(14-6-5-9-18-10-14)19-11-15-12-20(2)17-8-4-3-7-16(15)17/h3-10,12-13,19H,11H2,1-2H3/t13-/m0/s1. The molecule has 0 aliphatic carbocycles. The van der Waals surface area contributed by atoms with Crippen molar-refractivity contribution in [2.45, 2.75) is 19.5 Å². The lowest BCUT2D eigenvalue weighted by atomic mass is 10.1. The van der Waals surface area contributed by atoms with Gasteiger partial charge in [0.2, 0.25) is 0 Å². The van der Waals surface area contributed by atoms with Crippen molar-refractivity contribution < 1.29 is 0 Å². The number of hydrogen-bond acceptors (Lipinski definition) is 2. The van der Waals surface area contributed by atoms with Crippen molar-refractivity contribution in [3.8, 4) is 0 Å². The van der Waals surface area contributed by atoms with Crippen molar-refractivity contribution in [1.29, 1.82) is 0 Å². The van der Waals surface area contributed by atoms with Gasteiger partial charge in [0.25, 0.3) is 0 Å². The minimum absolute atomic E-state index is 0.294. The maximum Gasteiger partial charge on any atom is 0.0481 e. The molecule has 3 heteroatoms. The van der Waals surface area contributed by atoms with Crippen molar-refractivity contribution in [3.63, 3.8) is 0 Å². The summed E-state index contributed by atoms with van der Waals surface area (Å²) in [4.78, 5) is 4.17. The summed E-state index contributed by atoms with van der Waals surface area (Å²) >= 11 is 0. The molecular formula is C17H19N3. The number of aromatic nitrogens is 2. The summed E-state index contributed by atoms with van der Waals surface area (Å²) in [7, 11) is 2.09. The lowest BCUT2D eigenvalue weighted by molar-refractivity contribution is 0.574. The number of hydrogen-bond donors (Lipinski definition) is 1. The van der Waals surface area contributed by atoms with Crippen LogP contribution in [0.3, 0.4) is 0 Å². The third-order valence-electron chi connectivity index (χ3n) is 3.76. The molecule has 1 N–H and O–H groups in total. The lowest BCUT2D eigenvalue weighted by Crippen LogP contribution is -2.18. The second-order valence-electron chi connectivity index (χ2n) is 5.17. The summed E-state index contributed by atoms with van der Waals surface area (Å²) in [5.41, 5.74) is 3.82. The molecule has 2 heterocycles. The Balaban J connectivity index is 1.77. The number of fused-ring (bicyclic) bond motifs is 1. The van der Waals surface area contributed by atoms with Gasteiger partial charge < -0.3 is 9.88 Å². The summed E-state index contributed by atoms with van der Waals surface area (Å²) in [5.74, 6) is 0. The average molecular weight is 265 g/mol. The van der Waals surface area contributed by atoms with Crippen LogP contribution in [0.2, 0.25) is 0 Å². The quantitative estimate of drug-likeness (QED) is 0.783. The van der Waals surface area contributed by atoms with Gasteiger partial charge in [-0.2, -0.15) is 0 Å².